The first-order chi connectivity index (χ1) is 12.6. The van der Waals surface area contributed by atoms with Crippen molar-refractivity contribution in [2.45, 2.75) is 17.6 Å². The first kappa shape index (κ1) is 19.5. The van der Waals surface area contributed by atoms with E-state index < -0.39 is 23.8 Å². The highest BCUT2D eigenvalue weighted by Gasteiger charge is 2.33. The summed E-state index contributed by atoms with van der Waals surface area (Å²) in [5.74, 6) is -0.280. The second-order valence-electron chi connectivity index (χ2n) is 6.39. The zero-order chi connectivity index (χ0) is 19.8. The number of hydrogen-bond acceptors (Lipinski definition) is 5. The van der Waals surface area contributed by atoms with Crippen LogP contribution in [0.5, 0.6) is 0 Å². The number of rotatable bonds is 4. The molecule has 3 rings (SSSR count). The maximum absolute atomic E-state index is 13.3. The lowest BCUT2D eigenvalue weighted by molar-refractivity contribution is -0.139. The molecule has 1 saturated heterocycles. The van der Waals surface area contributed by atoms with E-state index in [2.05, 4.69) is 10.3 Å². The van der Waals surface area contributed by atoms with Gasteiger partial charge in [0.1, 0.15) is 11.9 Å². The van der Waals surface area contributed by atoms with Gasteiger partial charge in [0.15, 0.2) is 0 Å². The highest BCUT2D eigenvalue weighted by atomic mass is 32.2. The summed E-state index contributed by atoms with van der Waals surface area (Å²) in [6.07, 6.45) is -4.47. The molecule has 2 heterocycles. The third kappa shape index (κ3) is 4.36. The molecular formula is C18H18F3N3O2S. The maximum Gasteiger partial charge on any atom is 0.416 e. The van der Waals surface area contributed by atoms with Gasteiger partial charge in [-0.3, -0.25) is 10.1 Å². The van der Waals surface area contributed by atoms with Gasteiger partial charge in [0.2, 0.25) is 0 Å². The first-order valence-corrected chi connectivity index (χ1v) is 9.17. The minimum absolute atomic E-state index is 0.213. The molecule has 1 aromatic carbocycles. The van der Waals surface area contributed by atoms with E-state index in [1.807, 2.05) is 6.07 Å². The second-order valence-corrected chi connectivity index (χ2v) is 7.53. The molecule has 2 N–H and O–H groups in total. The average molecular weight is 397 g/mol. The number of pyridine rings is 1. The summed E-state index contributed by atoms with van der Waals surface area (Å²) in [5.41, 5.74) is 0.795. The number of benzene rings is 1. The van der Waals surface area contributed by atoms with Crippen LogP contribution in [0.1, 0.15) is 16.5 Å². The number of alkyl halides is 3. The molecular weight excluding hydrogens is 379 g/mol. The van der Waals surface area contributed by atoms with E-state index in [-0.39, 0.29) is 16.9 Å². The Morgan fingerprint density at radius 3 is 2.63 bits per heavy atom. The van der Waals surface area contributed by atoms with E-state index in [4.69, 9.17) is 5.11 Å². The second kappa shape index (κ2) is 7.40. The number of nitrogens with one attached hydrogen (secondary N) is 1. The SMILES string of the molecule is CN(C)c1cc(C(F)(F)F)cc(-c2cccc([C@@H]3N[C@@H](C(=O)O)CS3)c2)n1. The Morgan fingerprint density at radius 1 is 1.30 bits per heavy atom. The molecule has 0 spiro atoms. The molecule has 0 unspecified atom stereocenters. The molecule has 0 bridgehead atoms. The summed E-state index contributed by atoms with van der Waals surface area (Å²) >= 11 is 1.45. The van der Waals surface area contributed by atoms with Crippen LogP contribution in [0.25, 0.3) is 11.3 Å². The largest absolute Gasteiger partial charge is 0.480 e. The lowest BCUT2D eigenvalue weighted by Gasteiger charge is -2.17. The van der Waals surface area contributed by atoms with Crippen molar-refractivity contribution in [2.24, 2.45) is 0 Å². The van der Waals surface area contributed by atoms with Crippen molar-refractivity contribution in [3.05, 3.63) is 47.5 Å². The molecule has 144 valence electrons. The van der Waals surface area contributed by atoms with Crippen LogP contribution >= 0.6 is 11.8 Å². The molecule has 1 aliphatic rings. The van der Waals surface area contributed by atoms with Gasteiger partial charge in [-0.15, -0.1) is 11.8 Å². The van der Waals surface area contributed by atoms with Crippen molar-refractivity contribution in [2.75, 3.05) is 24.7 Å². The number of carboxylic acids is 1. The van der Waals surface area contributed by atoms with Crippen LogP contribution in [0.3, 0.4) is 0 Å². The fourth-order valence-corrected chi connectivity index (χ4v) is 3.95. The Balaban J connectivity index is 1.97. The van der Waals surface area contributed by atoms with Crippen molar-refractivity contribution in [1.29, 1.82) is 0 Å². The van der Waals surface area contributed by atoms with Gasteiger partial charge in [0.05, 0.1) is 16.6 Å². The van der Waals surface area contributed by atoms with Crippen LogP contribution in [0, 0.1) is 0 Å². The fraction of sp³-hybridized carbons (Fsp3) is 0.333. The van der Waals surface area contributed by atoms with Crippen LogP contribution in [0.4, 0.5) is 19.0 Å². The summed E-state index contributed by atoms with van der Waals surface area (Å²) in [4.78, 5) is 17.0. The summed E-state index contributed by atoms with van der Waals surface area (Å²) in [5, 5.41) is 11.9. The predicted molar refractivity (Wildman–Crippen MR) is 98.8 cm³/mol. The minimum Gasteiger partial charge on any atom is -0.480 e. The summed E-state index contributed by atoms with van der Waals surface area (Å²) in [6.45, 7) is 0. The number of carbonyl (C=O) groups is 1. The quantitative estimate of drug-likeness (QED) is 0.822. The van der Waals surface area contributed by atoms with E-state index in [1.165, 1.54) is 16.7 Å². The standard InChI is InChI=1S/C18H18F3N3O2S/c1-24(2)15-8-12(18(19,20)21)7-13(22-15)10-4-3-5-11(6-10)16-23-14(9-27-16)17(25)26/h3-8,14,16,23H,9H2,1-2H3,(H,25,26)/t14-,16-/m1/s1. The molecule has 0 saturated carbocycles. The van der Waals surface area contributed by atoms with Crippen molar-refractivity contribution in [3.8, 4) is 11.3 Å². The molecule has 2 aromatic rings. The number of anilines is 1. The molecule has 0 amide bonds. The molecule has 0 radical (unpaired) electrons. The van der Waals surface area contributed by atoms with Gasteiger partial charge in [-0.1, -0.05) is 18.2 Å². The van der Waals surface area contributed by atoms with Crippen LogP contribution < -0.4 is 10.2 Å². The molecule has 2 atom stereocenters. The highest BCUT2D eigenvalue weighted by Crippen LogP contribution is 2.36. The molecule has 5 nitrogen and oxygen atoms in total. The van der Waals surface area contributed by atoms with Gasteiger partial charge in [0, 0.05) is 25.4 Å². The van der Waals surface area contributed by atoms with Crippen LogP contribution in [-0.4, -0.2) is 41.9 Å². The molecule has 1 aromatic heterocycles. The van der Waals surface area contributed by atoms with E-state index in [9.17, 15) is 18.0 Å². The first-order valence-electron chi connectivity index (χ1n) is 8.12. The number of carboxylic acid groups (broad SMARTS) is 1. The van der Waals surface area contributed by atoms with Crippen molar-refractivity contribution in [1.82, 2.24) is 10.3 Å². The number of halogens is 3. The number of aromatic nitrogens is 1. The van der Waals surface area contributed by atoms with Crippen molar-refractivity contribution in [3.63, 3.8) is 0 Å². The van der Waals surface area contributed by atoms with Gasteiger partial charge in [-0.25, -0.2) is 4.98 Å². The zero-order valence-corrected chi connectivity index (χ0v) is 15.4. The normalized spacial score (nSPS) is 19.9. The van der Waals surface area contributed by atoms with Gasteiger partial charge in [-0.05, 0) is 23.8 Å². The highest BCUT2D eigenvalue weighted by molar-refractivity contribution is 7.99. The Hall–Kier alpha value is -2.26. The third-order valence-corrected chi connectivity index (χ3v) is 5.43. The Labute approximate surface area is 158 Å². The van der Waals surface area contributed by atoms with E-state index in [1.54, 1.807) is 32.3 Å². The number of nitrogens with zero attached hydrogens (tertiary/aromatic N) is 2. The van der Waals surface area contributed by atoms with Crippen LogP contribution in [-0.2, 0) is 11.0 Å². The smallest absolute Gasteiger partial charge is 0.416 e. The average Bonchev–Trinajstić information content (AvgIpc) is 3.11. The lowest BCUT2D eigenvalue weighted by atomic mass is 10.0. The minimum atomic E-state index is -4.47. The third-order valence-electron chi connectivity index (χ3n) is 4.16. The zero-order valence-electron chi connectivity index (χ0n) is 14.6. The molecule has 9 heteroatoms. The Morgan fingerprint density at radius 2 is 2.04 bits per heavy atom. The van der Waals surface area contributed by atoms with Gasteiger partial charge in [0.25, 0.3) is 0 Å². The van der Waals surface area contributed by atoms with E-state index >= 15 is 0 Å². The number of thioether (sulfide) groups is 1. The van der Waals surface area contributed by atoms with Gasteiger partial charge < -0.3 is 10.0 Å². The van der Waals surface area contributed by atoms with Crippen molar-refractivity contribution < 1.29 is 23.1 Å². The molecule has 0 aliphatic carbocycles. The van der Waals surface area contributed by atoms with Crippen molar-refractivity contribution >= 4 is 23.5 Å². The monoisotopic (exact) mass is 397 g/mol. The lowest BCUT2D eigenvalue weighted by Crippen LogP contribution is -2.33. The number of hydrogen-bond donors (Lipinski definition) is 2. The summed E-state index contributed by atoms with van der Waals surface area (Å²) in [7, 11) is 3.27. The van der Waals surface area contributed by atoms with E-state index in [0.29, 0.717) is 11.3 Å². The Bertz CT molecular complexity index is 858. The van der Waals surface area contributed by atoms with Gasteiger partial charge >= 0.3 is 12.1 Å². The number of aliphatic carboxylic acids is 1. The maximum atomic E-state index is 13.3. The summed E-state index contributed by atoms with van der Waals surface area (Å²) < 4.78 is 39.8. The van der Waals surface area contributed by atoms with Gasteiger partial charge in [-0.2, -0.15) is 13.2 Å². The fourth-order valence-electron chi connectivity index (χ4n) is 2.72. The van der Waals surface area contributed by atoms with Crippen LogP contribution in [0.2, 0.25) is 0 Å². The predicted octanol–water partition coefficient (Wildman–Crippen LogP) is 3.62. The van der Waals surface area contributed by atoms with Crippen LogP contribution in [0.15, 0.2) is 36.4 Å². The topological polar surface area (TPSA) is 65.5 Å². The van der Waals surface area contributed by atoms with E-state index in [0.717, 1.165) is 17.7 Å². The Kier molecular flexibility index (Phi) is 5.34. The molecule has 1 fully saturated rings. The molecule has 27 heavy (non-hydrogen) atoms. The summed E-state index contributed by atoms with van der Waals surface area (Å²) in [6, 6.07) is 8.39. The molecule has 1 aliphatic heterocycles.